The van der Waals surface area contributed by atoms with E-state index in [0.717, 1.165) is 6.42 Å². The third-order valence-electron chi connectivity index (χ3n) is 3.01. The van der Waals surface area contributed by atoms with Gasteiger partial charge in [-0.25, -0.2) is 0 Å². The Hall–Kier alpha value is -1.28. The fourth-order valence-electron chi connectivity index (χ4n) is 1.81. The van der Waals surface area contributed by atoms with E-state index >= 15 is 0 Å². The van der Waals surface area contributed by atoms with Crippen LogP contribution in [0.5, 0.6) is 0 Å². The average Bonchev–Trinajstić information content (AvgIpc) is 2.70. The van der Waals surface area contributed by atoms with E-state index in [1.807, 2.05) is 7.05 Å². The van der Waals surface area contributed by atoms with Gasteiger partial charge in [0.2, 0.25) is 0 Å². The molecule has 1 aromatic carbocycles. The summed E-state index contributed by atoms with van der Waals surface area (Å²) in [6.07, 6.45) is 1.10. The second kappa shape index (κ2) is 4.07. The molecule has 2 heteroatoms. The molecule has 2 nitrogen and oxygen atoms in total. The zero-order chi connectivity index (χ0) is 10.8. The second-order valence-electron chi connectivity index (χ2n) is 4.01. The van der Waals surface area contributed by atoms with Crippen LogP contribution in [0.25, 0.3) is 10.9 Å². The lowest BCUT2D eigenvalue weighted by atomic mass is 10.1. The van der Waals surface area contributed by atoms with E-state index < -0.39 is 0 Å². The van der Waals surface area contributed by atoms with Gasteiger partial charge in [0.1, 0.15) is 0 Å². The van der Waals surface area contributed by atoms with E-state index in [9.17, 15) is 0 Å². The fourth-order valence-corrected chi connectivity index (χ4v) is 1.81. The zero-order valence-electron chi connectivity index (χ0n) is 9.59. The minimum atomic E-state index is 0.377. The molecular weight excluding hydrogens is 184 g/mol. The van der Waals surface area contributed by atoms with Crippen LogP contribution in [-0.4, -0.2) is 12.0 Å². The summed E-state index contributed by atoms with van der Waals surface area (Å²) in [6, 6.07) is 9.22. The smallest absolute Gasteiger partial charge is 0.0456 e. The molecule has 1 atom stereocenters. The van der Waals surface area contributed by atoms with Crippen molar-refractivity contribution in [2.45, 2.75) is 26.3 Å². The van der Waals surface area contributed by atoms with E-state index in [1.165, 1.54) is 22.2 Å². The summed E-state index contributed by atoms with van der Waals surface area (Å²) in [6.45, 7) is 4.34. The van der Waals surface area contributed by atoms with Gasteiger partial charge in [0.05, 0.1) is 0 Å². The van der Waals surface area contributed by atoms with E-state index in [1.54, 1.807) is 0 Å². The van der Waals surface area contributed by atoms with Crippen LogP contribution in [0, 0.1) is 0 Å². The molecule has 1 aromatic heterocycles. The van der Waals surface area contributed by atoms with E-state index in [0.29, 0.717) is 6.04 Å². The molecule has 0 fully saturated rings. The molecule has 15 heavy (non-hydrogen) atoms. The van der Waals surface area contributed by atoms with Gasteiger partial charge in [-0.15, -0.1) is 0 Å². The van der Waals surface area contributed by atoms with Crippen molar-refractivity contribution >= 4 is 10.9 Å². The minimum Gasteiger partial charge on any atom is -0.357 e. The molecule has 80 valence electrons. The fraction of sp³-hybridized carbons (Fsp3) is 0.385. The van der Waals surface area contributed by atoms with E-state index in [-0.39, 0.29) is 0 Å². The summed E-state index contributed by atoms with van der Waals surface area (Å²) >= 11 is 0. The predicted molar refractivity (Wildman–Crippen MR) is 65.2 cm³/mol. The van der Waals surface area contributed by atoms with Crippen molar-refractivity contribution in [3.8, 4) is 0 Å². The highest BCUT2D eigenvalue weighted by Gasteiger charge is 2.06. The largest absolute Gasteiger partial charge is 0.357 e. The van der Waals surface area contributed by atoms with Gasteiger partial charge in [0, 0.05) is 17.3 Å². The van der Waals surface area contributed by atoms with Crippen LogP contribution in [0.3, 0.4) is 0 Å². The molecule has 1 unspecified atom stereocenters. The molecule has 2 N–H and O–H groups in total. The Balaban J connectivity index is 2.46. The van der Waals surface area contributed by atoms with Crippen LogP contribution >= 0.6 is 0 Å². The number of aromatic amines is 1. The summed E-state index contributed by atoms with van der Waals surface area (Å²) in [5, 5.41) is 4.55. The number of nitrogens with one attached hydrogen (secondary N) is 2. The highest BCUT2D eigenvalue weighted by atomic mass is 14.9. The molecule has 0 saturated heterocycles. The van der Waals surface area contributed by atoms with Gasteiger partial charge in [0.15, 0.2) is 0 Å². The molecule has 0 bridgehead atoms. The van der Waals surface area contributed by atoms with Crippen molar-refractivity contribution in [3.05, 3.63) is 35.5 Å². The topological polar surface area (TPSA) is 27.8 Å². The summed E-state index contributed by atoms with van der Waals surface area (Å²) in [4.78, 5) is 3.44. The third-order valence-corrected chi connectivity index (χ3v) is 3.01. The third kappa shape index (κ3) is 1.90. The molecule has 0 saturated carbocycles. The molecule has 0 aliphatic heterocycles. The van der Waals surface area contributed by atoms with Crippen molar-refractivity contribution in [1.29, 1.82) is 0 Å². The molecule has 0 aliphatic rings. The number of fused-ring (bicyclic) bond motifs is 1. The molecule has 0 aliphatic carbocycles. The van der Waals surface area contributed by atoms with Crippen LogP contribution in [0.1, 0.15) is 31.1 Å². The Bertz CT molecular complexity index is 457. The maximum atomic E-state index is 3.44. The Kier molecular flexibility index (Phi) is 2.78. The van der Waals surface area contributed by atoms with Crippen LogP contribution < -0.4 is 5.32 Å². The van der Waals surface area contributed by atoms with Gasteiger partial charge >= 0.3 is 0 Å². The van der Waals surface area contributed by atoms with Gasteiger partial charge in [0.25, 0.3) is 0 Å². The van der Waals surface area contributed by atoms with E-state index in [2.05, 4.69) is 48.4 Å². The molecule has 0 spiro atoms. The number of aromatic nitrogens is 1. The Morgan fingerprint density at radius 3 is 2.80 bits per heavy atom. The van der Waals surface area contributed by atoms with Crippen LogP contribution in [0.15, 0.2) is 24.3 Å². The molecule has 2 aromatic rings. The van der Waals surface area contributed by atoms with Crippen molar-refractivity contribution in [3.63, 3.8) is 0 Å². The average molecular weight is 202 g/mol. The lowest BCUT2D eigenvalue weighted by molar-refractivity contribution is 0.638. The first-order valence-electron chi connectivity index (χ1n) is 5.53. The number of rotatable bonds is 3. The molecule has 0 amide bonds. The Morgan fingerprint density at radius 1 is 1.33 bits per heavy atom. The van der Waals surface area contributed by atoms with Crippen molar-refractivity contribution in [2.75, 3.05) is 7.05 Å². The maximum absolute atomic E-state index is 3.44. The zero-order valence-corrected chi connectivity index (χ0v) is 9.59. The lowest BCUT2D eigenvalue weighted by Gasteiger charge is -2.05. The summed E-state index contributed by atoms with van der Waals surface area (Å²) in [5.41, 5.74) is 3.87. The van der Waals surface area contributed by atoms with Crippen LogP contribution in [0.2, 0.25) is 0 Å². The summed E-state index contributed by atoms with van der Waals surface area (Å²) < 4.78 is 0. The molecule has 2 rings (SSSR count). The normalized spacial score (nSPS) is 13.3. The number of H-pyrrole nitrogens is 1. The highest BCUT2D eigenvalue weighted by Crippen LogP contribution is 2.21. The number of aryl methyl sites for hydroxylation is 1. The Labute approximate surface area is 90.7 Å². The summed E-state index contributed by atoms with van der Waals surface area (Å²) in [5.74, 6) is 0. The van der Waals surface area contributed by atoms with Gasteiger partial charge < -0.3 is 10.3 Å². The molecular formula is C13H18N2. The first-order chi connectivity index (χ1) is 7.24. The van der Waals surface area contributed by atoms with Crippen LogP contribution in [-0.2, 0) is 6.42 Å². The van der Waals surface area contributed by atoms with Crippen molar-refractivity contribution in [2.24, 2.45) is 0 Å². The van der Waals surface area contributed by atoms with Gasteiger partial charge in [-0.1, -0.05) is 13.0 Å². The quantitative estimate of drug-likeness (QED) is 0.786. The SMILES string of the molecule is CCc1ccc2[nH]c(C(C)NC)cc2c1. The predicted octanol–water partition coefficient (Wildman–Crippen LogP) is 3.01. The highest BCUT2D eigenvalue weighted by molar-refractivity contribution is 5.81. The van der Waals surface area contributed by atoms with Gasteiger partial charge in [-0.3, -0.25) is 0 Å². The Morgan fingerprint density at radius 2 is 2.13 bits per heavy atom. The van der Waals surface area contributed by atoms with Gasteiger partial charge in [-0.05, 0) is 49.5 Å². The first kappa shape index (κ1) is 10.2. The molecule has 0 radical (unpaired) electrons. The number of benzene rings is 1. The number of hydrogen-bond donors (Lipinski definition) is 2. The molecule has 1 heterocycles. The van der Waals surface area contributed by atoms with Crippen LogP contribution in [0.4, 0.5) is 0 Å². The van der Waals surface area contributed by atoms with Crippen molar-refractivity contribution < 1.29 is 0 Å². The second-order valence-corrected chi connectivity index (χ2v) is 4.01. The summed E-state index contributed by atoms with van der Waals surface area (Å²) in [7, 11) is 1.98. The lowest BCUT2D eigenvalue weighted by Crippen LogP contribution is -2.12. The monoisotopic (exact) mass is 202 g/mol. The van der Waals surface area contributed by atoms with Gasteiger partial charge in [-0.2, -0.15) is 0 Å². The minimum absolute atomic E-state index is 0.377. The van der Waals surface area contributed by atoms with E-state index in [4.69, 9.17) is 0 Å². The standard InChI is InChI=1S/C13H18N2/c1-4-10-5-6-12-11(7-10)8-13(15-12)9(2)14-3/h5-9,14-15H,4H2,1-3H3. The maximum Gasteiger partial charge on any atom is 0.0456 e. The number of hydrogen-bond acceptors (Lipinski definition) is 1. The van der Waals surface area contributed by atoms with Crippen molar-refractivity contribution in [1.82, 2.24) is 10.3 Å². The first-order valence-corrected chi connectivity index (χ1v) is 5.53.